The van der Waals surface area contributed by atoms with Gasteiger partial charge >= 0.3 is 0 Å². The number of rotatable bonds is 12. The number of carbonyl (C=O) groups is 3. The number of thioether (sulfide) groups is 1. The second-order valence-electron chi connectivity index (χ2n) is 11.5. The van der Waals surface area contributed by atoms with Crippen LogP contribution in [0.25, 0.3) is 0 Å². The van der Waals surface area contributed by atoms with Crippen molar-refractivity contribution >= 4 is 29.5 Å². The molecule has 2 bridgehead atoms. The Kier molecular flexibility index (Phi) is 8.43. The van der Waals surface area contributed by atoms with Gasteiger partial charge in [-0.25, -0.2) is 0 Å². The van der Waals surface area contributed by atoms with Gasteiger partial charge in [0.25, 0.3) is 0 Å². The van der Waals surface area contributed by atoms with Gasteiger partial charge in [-0.05, 0) is 30.9 Å². The molecular formula is C33H39N3O4S. The fourth-order valence-corrected chi connectivity index (χ4v) is 9.53. The van der Waals surface area contributed by atoms with Crippen LogP contribution in [-0.2, 0) is 27.5 Å². The smallest absolute Gasteiger partial charge is 0.247 e. The largest absolute Gasteiger partial charge is 0.395 e. The summed E-state index contributed by atoms with van der Waals surface area (Å²) in [5.41, 5.74) is 1.99. The second kappa shape index (κ2) is 11.9. The van der Waals surface area contributed by atoms with Crippen LogP contribution in [0.4, 0.5) is 0 Å². The molecule has 0 radical (unpaired) electrons. The number of aliphatic hydroxyl groups is 1. The van der Waals surface area contributed by atoms with E-state index in [4.69, 9.17) is 0 Å². The molecule has 3 amide bonds. The molecule has 41 heavy (non-hydrogen) atoms. The van der Waals surface area contributed by atoms with E-state index in [0.29, 0.717) is 32.6 Å². The molecule has 8 heteroatoms. The molecule has 5 atom stereocenters. The number of aliphatic hydroxyl groups excluding tert-OH is 1. The van der Waals surface area contributed by atoms with E-state index >= 15 is 0 Å². The molecule has 3 aliphatic rings. The van der Waals surface area contributed by atoms with E-state index in [1.807, 2.05) is 60.7 Å². The van der Waals surface area contributed by atoms with Crippen LogP contribution in [0.1, 0.15) is 30.9 Å². The molecule has 2 unspecified atom stereocenters. The molecule has 2 aromatic rings. The lowest BCUT2D eigenvalue weighted by Crippen LogP contribution is -2.55. The van der Waals surface area contributed by atoms with Crippen molar-refractivity contribution in [1.82, 2.24) is 14.7 Å². The molecule has 3 saturated heterocycles. The lowest BCUT2D eigenvalue weighted by atomic mass is 9.66. The monoisotopic (exact) mass is 573 g/mol. The minimum absolute atomic E-state index is 0.0549. The van der Waals surface area contributed by atoms with Crippen LogP contribution in [0.2, 0.25) is 0 Å². The zero-order valence-electron chi connectivity index (χ0n) is 23.7. The summed E-state index contributed by atoms with van der Waals surface area (Å²) in [4.78, 5) is 48.1. The van der Waals surface area contributed by atoms with Crippen molar-refractivity contribution in [2.24, 2.45) is 11.8 Å². The van der Waals surface area contributed by atoms with Crippen LogP contribution in [0.15, 0.2) is 86.0 Å². The Bertz CT molecular complexity index is 1300. The van der Waals surface area contributed by atoms with E-state index < -0.39 is 27.4 Å². The van der Waals surface area contributed by atoms with Gasteiger partial charge in [0.1, 0.15) is 6.04 Å². The molecule has 0 aliphatic carbocycles. The number of hydrogen-bond donors (Lipinski definition) is 1. The Labute approximate surface area is 246 Å². The van der Waals surface area contributed by atoms with Crippen LogP contribution in [-0.4, -0.2) is 79.3 Å². The molecule has 2 aromatic carbocycles. The third kappa shape index (κ3) is 5.12. The molecule has 0 aromatic heterocycles. The fourth-order valence-electron chi connectivity index (χ4n) is 7.18. The molecule has 3 heterocycles. The van der Waals surface area contributed by atoms with Crippen LogP contribution in [0, 0.1) is 11.8 Å². The van der Waals surface area contributed by atoms with Crippen molar-refractivity contribution in [2.75, 3.05) is 26.2 Å². The molecule has 3 aliphatic heterocycles. The number of hydrogen-bond acceptors (Lipinski definition) is 5. The maximum absolute atomic E-state index is 14.4. The van der Waals surface area contributed by atoms with Crippen molar-refractivity contribution < 1.29 is 19.5 Å². The van der Waals surface area contributed by atoms with E-state index in [2.05, 4.69) is 20.1 Å². The first kappa shape index (κ1) is 29.1. The topological polar surface area (TPSA) is 81.2 Å². The van der Waals surface area contributed by atoms with E-state index in [9.17, 15) is 19.5 Å². The zero-order chi connectivity index (χ0) is 29.2. The predicted octanol–water partition coefficient (Wildman–Crippen LogP) is 3.89. The first-order valence-corrected chi connectivity index (χ1v) is 15.1. The number of benzene rings is 2. The van der Waals surface area contributed by atoms with E-state index in [0.717, 1.165) is 17.5 Å². The average Bonchev–Trinajstić information content (AvgIpc) is 3.54. The predicted molar refractivity (Wildman–Crippen MR) is 162 cm³/mol. The van der Waals surface area contributed by atoms with Crippen molar-refractivity contribution in [3.8, 4) is 0 Å². The normalized spacial score (nSPS) is 27.9. The van der Waals surface area contributed by atoms with Crippen molar-refractivity contribution in [3.63, 3.8) is 0 Å². The second-order valence-corrected chi connectivity index (χ2v) is 13.4. The molecule has 7 nitrogen and oxygen atoms in total. The first-order valence-electron chi connectivity index (χ1n) is 14.3. The SMILES string of the molecule is C=CCN(Cc1ccccc1)C(=O)C1N(CCO)C(=O)[C@@H]2[C@@H](C(=O)N(CC=C)Cc3ccccc3)[C@@]3(C)CCC12S3. The van der Waals surface area contributed by atoms with Gasteiger partial charge in [0.2, 0.25) is 17.7 Å². The van der Waals surface area contributed by atoms with Crippen LogP contribution in [0.5, 0.6) is 0 Å². The Hall–Kier alpha value is -3.36. The molecular weight excluding hydrogens is 534 g/mol. The summed E-state index contributed by atoms with van der Waals surface area (Å²) < 4.78 is -1.21. The zero-order valence-corrected chi connectivity index (χ0v) is 24.5. The summed E-state index contributed by atoms with van der Waals surface area (Å²) in [6.07, 6.45) is 4.83. The highest BCUT2D eigenvalue weighted by atomic mass is 32.2. The Morgan fingerprint density at radius 3 is 2.00 bits per heavy atom. The first-order chi connectivity index (χ1) is 19.8. The van der Waals surface area contributed by atoms with Gasteiger partial charge in [0.15, 0.2) is 0 Å². The van der Waals surface area contributed by atoms with Crippen molar-refractivity contribution in [2.45, 2.75) is 48.4 Å². The minimum atomic E-state index is -0.762. The highest BCUT2D eigenvalue weighted by molar-refractivity contribution is 8.02. The number of β-amino-alcohol motifs (C(OH)–C–C–N with tert-alkyl or cyclic N) is 1. The van der Waals surface area contributed by atoms with E-state index in [-0.39, 0.29) is 30.9 Å². The number of carbonyl (C=O) groups excluding carboxylic acids is 3. The molecule has 3 fully saturated rings. The van der Waals surface area contributed by atoms with Gasteiger partial charge in [0.05, 0.1) is 23.2 Å². The van der Waals surface area contributed by atoms with Gasteiger partial charge in [-0.1, -0.05) is 72.8 Å². The molecule has 5 rings (SSSR count). The Morgan fingerprint density at radius 2 is 1.49 bits per heavy atom. The maximum Gasteiger partial charge on any atom is 0.247 e. The summed E-state index contributed by atoms with van der Waals surface area (Å²) in [5, 5.41) is 9.97. The number of nitrogens with zero attached hydrogens (tertiary/aromatic N) is 3. The Balaban J connectivity index is 1.51. The Morgan fingerprint density at radius 1 is 0.951 bits per heavy atom. The van der Waals surface area contributed by atoms with Crippen molar-refractivity contribution in [1.29, 1.82) is 0 Å². The maximum atomic E-state index is 14.4. The highest BCUT2D eigenvalue weighted by Crippen LogP contribution is 2.71. The molecule has 0 saturated carbocycles. The fraction of sp³-hybridized carbons (Fsp3) is 0.424. The van der Waals surface area contributed by atoms with Gasteiger partial charge in [0, 0.05) is 37.5 Å². The van der Waals surface area contributed by atoms with Gasteiger partial charge in [-0.15, -0.1) is 24.9 Å². The van der Waals surface area contributed by atoms with Crippen LogP contribution in [0.3, 0.4) is 0 Å². The van der Waals surface area contributed by atoms with Gasteiger partial charge < -0.3 is 19.8 Å². The average molecular weight is 574 g/mol. The number of likely N-dealkylation sites (tertiary alicyclic amines) is 1. The third-order valence-corrected chi connectivity index (χ3v) is 10.9. The van der Waals surface area contributed by atoms with Crippen LogP contribution < -0.4 is 0 Å². The van der Waals surface area contributed by atoms with Gasteiger partial charge in [-0.2, -0.15) is 0 Å². The van der Waals surface area contributed by atoms with E-state index in [1.165, 1.54) is 0 Å². The third-order valence-electron chi connectivity index (χ3n) is 8.87. The molecule has 1 spiro atoms. The highest BCUT2D eigenvalue weighted by Gasteiger charge is 2.77. The summed E-state index contributed by atoms with van der Waals surface area (Å²) >= 11 is 1.65. The lowest BCUT2D eigenvalue weighted by molar-refractivity contribution is -0.146. The van der Waals surface area contributed by atoms with Crippen LogP contribution >= 0.6 is 11.8 Å². The minimum Gasteiger partial charge on any atom is -0.395 e. The molecule has 216 valence electrons. The van der Waals surface area contributed by atoms with Crippen molar-refractivity contribution in [3.05, 3.63) is 97.1 Å². The molecule has 1 N–H and O–H groups in total. The van der Waals surface area contributed by atoms with E-state index in [1.54, 1.807) is 38.6 Å². The summed E-state index contributed by atoms with van der Waals surface area (Å²) in [7, 11) is 0. The quantitative estimate of drug-likeness (QED) is 0.390. The lowest BCUT2D eigenvalue weighted by Gasteiger charge is -2.38. The summed E-state index contributed by atoms with van der Waals surface area (Å²) in [5.74, 6) is -1.64. The summed E-state index contributed by atoms with van der Waals surface area (Å²) in [6, 6.07) is 18.8. The standard InChI is InChI=1S/C33H39N3O4S/c1-4-18-34(22-24-12-8-6-9-13-24)29(38)26-27-30(39)36(20-21-37)28(33(27)17-16-32(26,3)41-33)31(40)35(19-5-2)23-25-14-10-7-11-15-25/h4-15,26-28,37H,1-2,16-23H2,3H3/t26-,27-,28?,32+,33?/m0/s1. The van der Waals surface area contributed by atoms with Gasteiger partial charge in [-0.3, -0.25) is 14.4 Å². The number of fused-ring (bicyclic) bond motifs is 1. The number of amides is 3. The summed E-state index contributed by atoms with van der Waals surface area (Å²) in [6.45, 7) is 11.1.